The molecule has 18 heavy (non-hydrogen) atoms. The average molecular weight is 269 g/mol. The summed E-state index contributed by atoms with van der Waals surface area (Å²) in [6, 6.07) is 5.70. The van der Waals surface area contributed by atoms with Gasteiger partial charge in [-0.15, -0.1) is 18.3 Å². The second-order valence-electron chi connectivity index (χ2n) is 3.68. The normalized spacial score (nSPS) is 11.9. The van der Waals surface area contributed by atoms with Crippen molar-refractivity contribution in [3.05, 3.63) is 48.3 Å². The van der Waals surface area contributed by atoms with Crippen molar-refractivity contribution in [2.75, 3.05) is 18.1 Å². The maximum atomic E-state index is 12.9. The Balaban J connectivity index is 2.34. The highest BCUT2D eigenvalue weighted by Gasteiger charge is 2.09. The highest BCUT2D eigenvalue weighted by atomic mass is 32.2. The Morgan fingerprint density at radius 2 is 2.39 bits per heavy atom. The van der Waals surface area contributed by atoms with Gasteiger partial charge in [0.2, 0.25) is 5.91 Å². The molecule has 0 aliphatic carbocycles. The van der Waals surface area contributed by atoms with Crippen molar-refractivity contribution >= 4 is 17.7 Å². The summed E-state index contributed by atoms with van der Waals surface area (Å²) >= 11 is 1.44. The molecule has 0 spiro atoms. The van der Waals surface area contributed by atoms with Crippen LogP contribution in [0.5, 0.6) is 0 Å². The van der Waals surface area contributed by atoms with Gasteiger partial charge in [0.25, 0.3) is 0 Å². The monoisotopic (exact) mass is 269 g/mol. The number of rotatable bonds is 7. The van der Waals surface area contributed by atoms with E-state index in [0.29, 0.717) is 17.1 Å². The number of aliphatic hydroxyl groups excluding tert-OH is 1. The fourth-order valence-corrected chi connectivity index (χ4v) is 1.90. The van der Waals surface area contributed by atoms with Gasteiger partial charge in [0.05, 0.1) is 11.9 Å². The standard InChI is InChI=1S/C13H16FNO2S/c1-2-6-18-9-13(17)15-8-12(16)10-4-3-5-11(14)7-10/h2-5,7,12,16H,1,6,8-9H2,(H,15,17). The summed E-state index contributed by atoms with van der Waals surface area (Å²) in [6.45, 7) is 3.63. The Kier molecular flexibility index (Phi) is 6.46. The minimum Gasteiger partial charge on any atom is -0.387 e. The van der Waals surface area contributed by atoms with Crippen molar-refractivity contribution in [1.82, 2.24) is 5.32 Å². The van der Waals surface area contributed by atoms with Crippen LogP contribution in [0, 0.1) is 5.82 Å². The number of nitrogens with one attached hydrogen (secondary N) is 1. The van der Waals surface area contributed by atoms with Crippen molar-refractivity contribution in [1.29, 1.82) is 0 Å². The van der Waals surface area contributed by atoms with Crippen LogP contribution in [0.4, 0.5) is 4.39 Å². The van der Waals surface area contributed by atoms with Gasteiger partial charge in [-0.1, -0.05) is 18.2 Å². The summed E-state index contributed by atoms with van der Waals surface area (Å²) in [4.78, 5) is 11.4. The predicted octanol–water partition coefficient (Wildman–Crippen LogP) is 1.89. The Labute approximate surface area is 110 Å². The number of hydrogen-bond donors (Lipinski definition) is 2. The van der Waals surface area contributed by atoms with E-state index in [1.165, 1.54) is 30.0 Å². The van der Waals surface area contributed by atoms with Crippen molar-refractivity contribution in [2.24, 2.45) is 0 Å². The van der Waals surface area contributed by atoms with Crippen molar-refractivity contribution in [3.63, 3.8) is 0 Å². The minimum absolute atomic E-state index is 0.0803. The molecular weight excluding hydrogens is 253 g/mol. The molecule has 0 radical (unpaired) electrons. The zero-order chi connectivity index (χ0) is 13.4. The molecule has 5 heteroatoms. The molecule has 3 nitrogen and oxygen atoms in total. The zero-order valence-corrected chi connectivity index (χ0v) is 10.8. The molecular formula is C13H16FNO2S. The molecule has 1 aromatic rings. The molecule has 0 saturated heterocycles. The quantitative estimate of drug-likeness (QED) is 0.587. The maximum Gasteiger partial charge on any atom is 0.230 e. The number of benzene rings is 1. The summed E-state index contributed by atoms with van der Waals surface area (Å²) in [5, 5.41) is 12.4. The number of hydrogen-bond acceptors (Lipinski definition) is 3. The summed E-state index contributed by atoms with van der Waals surface area (Å²) in [7, 11) is 0. The van der Waals surface area contributed by atoms with Gasteiger partial charge >= 0.3 is 0 Å². The predicted molar refractivity (Wildman–Crippen MR) is 71.9 cm³/mol. The minimum atomic E-state index is -0.894. The van der Waals surface area contributed by atoms with Crippen LogP contribution < -0.4 is 5.32 Å². The van der Waals surface area contributed by atoms with Crippen molar-refractivity contribution in [3.8, 4) is 0 Å². The molecule has 0 aromatic heterocycles. The molecule has 0 aliphatic heterocycles. The first-order valence-electron chi connectivity index (χ1n) is 5.52. The lowest BCUT2D eigenvalue weighted by atomic mass is 10.1. The fraction of sp³-hybridized carbons (Fsp3) is 0.308. The van der Waals surface area contributed by atoms with E-state index in [2.05, 4.69) is 11.9 Å². The van der Waals surface area contributed by atoms with E-state index in [9.17, 15) is 14.3 Å². The SMILES string of the molecule is C=CCSCC(=O)NCC(O)c1cccc(F)c1. The van der Waals surface area contributed by atoms with Gasteiger partial charge in [-0.2, -0.15) is 0 Å². The van der Waals surface area contributed by atoms with Gasteiger partial charge in [0.1, 0.15) is 5.82 Å². The van der Waals surface area contributed by atoms with E-state index in [1.807, 2.05) is 0 Å². The number of halogens is 1. The van der Waals surface area contributed by atoms with Gasteiger partial charge in [0, 0.05) is 12.3 Å². The number of aliphatic hydroxyl groups is 1. The van der Waals surface area contributed by atoms with Gasteiger partial charge < -0.3 is 10.4 Å². The van der Waals surface area contributed by atoms with Gasteiger partial charge in [-0.25, -0.2) is 4.39 Å². The second kappa shape index (κ2) is 7.89. The lowest BCUT2D eigenvalue weighted by molar-refractivity contribution is -0.119. The van der Waals surface area contributed by atoms with Crippen LogP contribution in [-0.4, -0.2) is 29.1 Å². The number of thioether (sulfide) groups is 1. The molecule has 0 bridgehead atoms. The van der Waals surface area contributed by atoms with Crippen LogP contribution in [0.25, 0.3) is 0 Å². The van der Waals surface area contributed by atoms with Gasteiger partial charge in [-0.05, 0) is 17.7 Å². The Morgan fingerprint density at radius 1 is 1.61 bits per heavy atom. The molecule has 2 N–H and O–H groups in total. The van der Waals surface area contributed by atoms with Gasteiger partial charge in [0.15, 0.2) is 0 Å². The zero-order valence-electron chi connectivity index (χ0n) is 9.93. The second-order valence-corrected chi connectivity index (χ2v) is 4.71. The van der Waals surface area contributed by atoms with Gasteiger partial charge in [-0.3, -0.25) is 4.79 Å². The number of amides is 1. The van der Waals surface area contributed by atoms with Crippen LogP contribution in [0.15, 0.2) is 36.9 Å². The Hall–Kier alpha value is -1.33. The first kappa shape index (κ1) is 14.7. The van der Waals surface area contributed by atoms with E-state index < -0.39 is 11.9 Å². The first-order chi connectivity index (χ1) is 8.63. The van der Waals surface area contributed by atoms with E-state index in [4.69, 9.17) is 0 Å². The topological polar surface area (TPSA) is 49.3 Å². The molecule has 98 valence electrons. The van der Waals surface area contributed by atoms with Crippen molar-refractivity contribution < 1.29 is 14.3 Å². The fourth-order valence-electron chi connectivity index (χ4n) is 1.33. The molecule has 1 amide bonds. The summed E-state index contributed by atoms with van der Waals surface area (Å²) in [5.74, 6) is 0.471. The van der Waals surface area contributed by atoms with Crippen molar-refractivity contribution in [2.45, 2.75) is 6.10 Å². The molecule has 0 saturated carbocycles. The lowest BCUT2D eigenvalue weighted by Crippen LogP contribution is -2.29. The summed E-state index contributed by atoms with van der Waals surface area (Å²) in [6.07, 6.45) is 0.827. The molecule has 1 atom stereocenters. The van der Waals surface area contributed by atoms with Crippen LogP contribution >= 0.6 is 11.8 Å². The molecule has 1 rings (SSSR count). The van der Waals surface area contributed by atoms with Crippen LogP contribution in [0.1, 0.15) is 11.7 Å². The maximum absolute atomic E-state index is 12.9. The average Bonchev–Trinajstić information content (AvgIpc) is 2.36. The third-order valence-corrected chi connectivity index (χ3v) is 3.13. The molecule has 1 unspecified atom stereocenters. The highest BCUT2D eigenvalue weighted by molar-refractivity contribution is 8.00. The van der Waals surface area contributed by atoms with E-state index >= 15 is 0 Å². The largest absolute Gasteiger partial charge is 0.387 e. The van der Waals surface area contributed by atoms with E-state index in [-0.39, 0.29) is 12.5 Å². The number of carbonyl (C=O) groups is 1. The molecule has 0 heterocycles. The summed E-state index contributed by atoms with van der Waals surface area (Å²) in [5.41, 5.74) is 0.453. The summed E-state index contributed by atoms with van der Waals surface area (Å²) < 4.78 is 12.9. The first-order valence-corrected chi connectivity index (χ1v) is 6.68. The Morgan fingerprint density at radius 3 is 3.06 bits per heavy atom. The third kappa shape index (κ3) is 5.33. The van der Waals surface area contributed by atoms with Crippen LogP contribution in [-0.2, 0) is 4.79 Å². The smallest absolute Gasteiger partial charge is 0.230 e. The number of carbonyl (C=O) groups excluding carboxylic acids is 1. The lowest BCUT2D eigenvalue weighted by Gasteiger charge is -2.12. The molecule has 0 fully saturated rings. The van der Waals surface area contributed by atoms with Crippen LogP contribution in [0.2, 0.25) is 0 Å². The Bertz CT molecular complexity index is 412. The van der Waals surface area contributed by atoms with Crippen LogP contribution in [0.3, 0.4) is 0 Å². The highest BCUT2D eigenvalue weighted by Crippen LogP contribution is 2.13. The molecule has 1 aromatic carbocycles. The van der Waals surface area contributed by atoms with E-state index in [0.717, 1.165) is 0 Å². The third-order valence-electron chi connectivity index (χ3n) is 2.19. The molecule has 0 aliphatic rings. The van der Waals surface area contributed by atoms with E-state index in [1.54, 1.807) is 12.1 Å².